The third-order valence-electron chi connectivity index (χ3n) is 5.83. The Hall–Kier alpha value is -1.53. The number of alkyl halides is 2. The van der Waals surface area contributed by atoms with Gasteiger partial charge in [0, 0.05) is 23.7 Å². The molecule has 2 aliphatic carbocycles. The Labute approximate surface area is 186 Å². The number of fused-ring (bicyclic) bond motifs is 1. The molecule has 4 rings (SSSR count). The normalized spacial score (nSPS) is 26.1. The van der Waals surface area contributed by atoms with Crippen molar-refractivity contribution in [2.75, 3.05) is 5.32 Å². The lowest BCUT2D eigenvalue weighted by Crippen LogP contribution is -2.37. The van der Waals surface area contributed by atoms with E-state index in [0.717, 1.165) is 5.56 Å². The molecule has 3 atom stereocenters. The Morgan fingerprint density at radius 1 is 1.17 bits per heavy atom. The molecule has 29 heavy (non-hydrogen) atoms. The van der Waals surface area contributed by atoms with E-state index in [1.165, 1.54) is 18.2 Å². The third kappa shape index (κ3) is 3.19. The summed E-state index contributed by atoms with van der Waals surface area (Å²) in [5, 5.41) is 6.06. The Balaban J connectivity index is 1.51. The van der Waals surface area contributed by atoms with Gasteiger partial charge in [-0.25, -0.2) is 4.39 Å². The summed E-state index contributed by atoms with van der Waals surface area (Å²) >= 11 is 25.1. The van der Waals surface area contributed by atoms with Crippen molar-refractivity contribution in [2.24, 2.45) is 11.3 Å². The number of carbonyl (C=O) groups is 2. The molecule has 2 fully saturated rings. The van der Waals surface area contributed by atoms with E-state index >= 15 is 0 Å². The third-order valence-corrected chi connectivity index (χ3v) is 7.72. The average molecular weight is 476 g/mol. The number of benzene rings is 2. The highest BCUT2D eigenvalue weighted by molar-refractivity contribution is 6.54. The Morgan fingerprint density at radius 3 is 2.59 bits per heavy atom. The van der Waals surface area contributed by atoms with E-state index in [1.807, 2.05) is 6.07 Å². The fourth-order valence-corrected chi connectivity index (χ4v) is 5.70. The smallest absolute Gasteiger partial charge is 0.234 e. The molecule has 0 bridgehead atoms. The van der Waals surface area contributed by atoms with Crippen LogP contribution in [0.3, 0.4) is 0 Å². The highest BCUT2D eigenvalue weighted by atomic mass is 35.5. The van der Waals surface area contributed by atoms with Gasteiger partial charge < -0.3 is 10.6 Å². The van der Waals surface area contributed by atoms with Crippen LogP contribution in [0.4, 0.5) is 10.1 Å². The van der Waals surface area contributed by atoms with Gasteiger partial charge in [0.2, 0.25) is 12.3 Å². The quantitative estimate of drug-likeness (QED) is 0.440. The van der Waals surface area contributed by atoms with Gasteiger partial charge in [0.1, 0.15) is 10.2 Å². The monoisotopic (exact) mass is 474 g/mol. The van der Waals surface area contributed by atoms with Crippen LogP contribution in [0.5, 0.6) is 0 Å². The molecular weight excluding hydrogens is 461 g/mol. The first kappa shape index (κ1) is 20.7. The van der Waals surface area contributed by atoms with Crippen LogP contribution >= 0.6 is 46.4 Å². The first-order chi connectivity index (χ1) is 13.7. The van der Waals surface area contributed by atoms with Crippen molar-refractivity contribution >= 4 is 64.4 Å². The molecule has 2 saturated carbocycles. The van der Waals surface area contributed by atoms with Crippen LogP contribution in [0, 0.1) is 17.2 Å². The summed E-state index contributed by atoms with van der Waals surface area (Å²) in [7, 11) is 0. The molecule has 152 valence electrons. The lowest BCUT2D eigenvalue weighted by Gasteiger charge is -2.33. The second kappa shape index (κ2) is 7.31. The summed E-state index contributed by atoms with van der Waals surface area (Å²) in [4.78, 5) is 23.4. The van der Waals surface area contributed by atoms with Crippen molar-refractivity contribution in [3.63, 3.8) is 0 Å². The van der Waals surface area contributed by atoms with Crippen molar-refractivity contribution < 1.29 is 14.0 Å². The maximum atomic E-state index is 13.8. The Morgan fingerprint density at radius 2 is 1.93 bits per heavy atom. The first-order valence-electron chi connectivity index (χ1n) is 8.82. The highest BCUT2D eigenvalue weighted by Gasteiger charge is 2.88. The number of hydrogen-bond donors (Lipinski definition) is 2. The van der Waals surface area contributed by atoms with Crippen LogP contribution < -0.4 is 10.6 Å². The molecule has 0 saturated heterocycles. The molecule has 2 aliphatic rings. The summed E-state index contributed by atoms with van der Waals surface area (Å²) in [6.45, 7) is 0.0150. The van der Waals surface area contributed by atoms with Gasteiger partial charge in [0.25, 0.3) is 0 Å². The lowest BCUT2D eigenvalue weighted by atomic mass is 9.71. The summed E-state index contributed by atoms with van der Waals surface area (Å²) in [6, 6.07) is 9.48. The highest BCUT2D eigenvalue weighted by Crippen LogP contribution is 2.84. The van der Waals surface area contributed by atoms with Gasteiger partial charge in [-0.3, -0.25) is 9.59 Å². The molecule has 2 amide bonds. The van der Waals surface area contributed by atoms with E-state index in [1.54, 1.807) is 12.1 Å². The molecule has 0 aromatic heterocycles. The molecule has 4 nitrogen and oxygen atoms in total. The van der Waals surface area contributed by atoms with Gasteiger partial charge in [0.05, 0.1) is 15.5 Å². The van der Waals surface area contributed by atoms with Crippen LogP contribution in [-0.2, 0) is 16.1 Å². The minimum absolute atomic E-state index is 0.00825. The number of hydrogen-bond acceptors (Lipinski definition) is 2. The molecule has 0 heterocycles. The summed E-state index contributed by atoms with van der Waals surface area (Å²) in [5.41, 5.74) is 0.675. The number of amides is 2. The predicted octanol–water partition coefficient (Wildman–Crippen LogP) is 5.29. The van der Waals surface area contributed by atoms with Gasteiger partial charge in [-0.15, -0.1) is 23.2 Å². The van der Waals surface area contributed by atoms with Gasteiger partial charge >= 0.3 is 0 Å². The van der Waals surface area contributed by atoms with Crippen LogP contribution in [0.15, 0.2) is 36.4 Å². The van der Waals surface area contributed by atoms with Crippen LogP contribution in [0.2, 0.25) is 10.0 Å². The summed E-state index contributed by atoms with van der Waals surface area (Å²) in [6.07, 6.45) is 0.945. The second-order valence-electron chi connectivity index (χ2n) is 7.32. The molecule has 2 N–H and O–H groups in total. The average Bonchev–Trinajstić information content (AvgIpc) is 3.04. The standard InChI is InChI=1S/C20H15Cl4FN2O2/c21-14-3-1-10(6-15(14)22)13-7-19(17(13)20(19,23)24)18(29)27-12-2-4-16(25)11(5-12)8-26-9-28/h1-6,9,13,17H,7-8H2,(H,26,28)(H,27,29)/t13-,17?,19?/m1/s1. The van der Waals surface area contributed by atoms with E-state index in [0.29, 0.717) is 28.6 Å². The molecule has 0 spiro atoms. The van der Waals surface area contributed by atoms with E-state index in [9.17, 15) is 14.0 Å². The van der Waals surface area contributed by atoms with E-state index in [4.69, 9.17) is 46.4 Å². The summed E-state index contributed by atoms with van der Waals surface area (Å²) < 4.78 is 12.6. The van der Waals surface area contributed by atoms with E-state index in [-0.39, 0.29) is 29.9 Å². The van der Waals surface area contributed by atoms with Crippen molar-refractivity contribution in [1.29, 1.82) is 0 Å². The zero-order chi connectivity index (χ0) is 21.0. The molecule has 0 radical (unpaired) electrons. The minimum atomic E-state index is -1.20. The largest absolute Gasteiger partial charge is 0.354 e. The molecular formula is C20H15Cl4FN2O2. The molecule has 2 unspecified atom stereocenters. The fraction of sp³-hybridized carbons (Fsp3) is 0.300. The zero-order valence-electron chi connectivity index (χ0n) is 14.8. The number of rotatable bonds is 6. The summed E-state index contributed by atoms with van der Waals surface area (Å²) in [5.74, 6) is -1.06. The predicted molar refractivity (Wildman–Crippen MR) is 112 cm³/mol. The SMILES string of the molecule is O=CNCc1cc(NC(=O)C23C[C@H](c4ccc(Cl)c(Cl)c4)C2C3(Cl)Cl)ccc1F. The zero-order valence-corrected chi connectivity index (χ0v) is 17.8. The first-order valence-corrected chi connectivity index (χ1v) is 10.3. The molecule has 9 heteroatoms. The van der Waals surface area contributed by atoms with Crippen LogP contribution in [0.25, 0.3) is 0 Å². The maximum absolute atomic E-state index is 13.8. The van der Waals surface area contributed by atoms with Crippen LogP contribution in [0.1, 0.15) is 23.5 Å². The minimum Gasteiger partial charge on any atom is -0.354 e. The van der Waals surface area contributed by atoms with Gasteiger partial charge in [-0.05, 0) is 48.2 Å². The number of halogens is 5. The second-order valence-corrected chi connectivity index (χ2v) is 9.52. The molecule has 0 aliphatic heterocycles. The number of carbonyl (C=O) groups excluding carboxylic acids is 2. The Kier molecular flexibility index (Phi) is 5.23. The van der Waals surface area contributed by atoms with Crippen molar-refractivity contribution in [3.8, 4) is 0 Å². The van der Waals surface area contributed by atoms with Gasteiger partial charge in [-0.2, -0.15) is 0 Å². The van der Waals surface area contributed by atoms with Crippen LogP contribution in [-0.4, -0.2) is 16.7 Å². The van der Waals surface area contributed by atoms with Crippen molar-refractivity contribution in [1.82, 2.24) is 5.32 Å². The fourth-order valence-electron chi connectivity index (χ4n) is 4.27. The van der Waals surface area contributed by atoms with Crippen molar-refractivity contribution in [2.45, 2.75) is 23.2 Å². The van der Waals surface area contributed by atoms with Gasteiger partial charge in [-0.1, -0.05) is 29.3 Å². The number of nitrogens with one attached hydrogen (secondary N) is 2. The molecule has 2 aromatic rings. The maximum Gasteiger partial charge on any atom is 0.234 e. The lowest BCUT2D eigenvalue weighted by molar-refractivity contribution is -0.124. The van der Waals surface area contributed by atoms with E-state index < -0.39 is 15.6 Å². The van der Waals surface area contributed by atoms with E-state index in [2.05, 4.69) is 10.6 Å². The van der Waals surface area contributed by atoms with Gasteiger partial charge in [0.15, 0.2) is 0 Å². The molecule has 2 aromatic carbocycles. The Bertz CT molecular complexity index is 1020. The number of anilines is 1. The topological polar surface area (TPSA) is 58.2 Å². The van der Waals surface area contributed by atoms with Crippen molar-refractivity contribution in [3.05, 3.63) is 63.4 Å².